The highest BCUT2D eigenvalue weighted by Crippen LogP contribution is 2.08. The molecule has 0 saturated carbocycles. The molecule has 0 radical (unpaired) electrons. The molecule has 0 aliphatic heterocycles. The van der Waals surface area contributed by atoms with Gasteiger partial charge >= 0.3 is 0 Å². The summed E-state index contributed by atoms with van der Waals surface area (Å²) in [5.74, 6) is 0.793. The Balaban J connectivity index is 1.74. The van der Waals surface area contributed by atoms with Crippen molar-refractivity contribution in [3.05, 3.63) is 59.0 Å². The number of rotatable bonds is 10. The van der Waals surface area contributed by atoms with Crippen molar-refractivity contribution >= 4 is 17.8 Å². The van der Waals surface area contributed by atoms with Gasteiger partial charge in [0.1, 0.15) is 0 Å². The van der Waals surface area contributed by atoms with Gasteiger partial charge in [0.2, 0.25) is 0 Å². The zero-order valence-electron chi connectivity index (χ0n) is 17.9. The smallest absolute Gasteiger partial charge is 0.287 e. The maximum absolute atomic E-state index is 12.0. The largest absolute Gasteiger partial charge is 0.459 e. The van der Waals surface area contributed by atoms with Crippen LogP contribution in [0.25, 0.3) is 0 Å². The first-order valence-electron chi connectivity index (χ1n) is 10.2. The van der Waals surface area contributed by atoms with Crippen molar-refractivity contribution in [3.8, 4) is 0 Å². The van der Waals surface area contributed by atoms with E-state index in [0.29, 0.717) is 31.0 Å². The first-order chi connectivity index (χ1) is 14.5. The summed E-state index contributed by atoms with van der Waals surface area (Å²) in [7, 11) is 1.62. The third kappa shape index (κ3) is 7.27. The summed E-state index contributed by atoms with van der Waals surface area (Å²) in [5.41, 5.74) is 2.56. The highest BCUT2D eigenvalue weighted by Gasteiger charge is 2.11. The molecule has 1 aromatic carbocycles. The molecule has 0 bridgehead atoms. The van der Waals surface area contributed by atoms with Crippen LogP contribution >= 0.6 is 0 Å². The quantitative estimate of drug-likeness (QED) is 0.270. The van der Waals surface area contributed by atoms with Gasteiger partial charge in [-0.05, 0) is 50.5 Å². The molecule has 0 fully saturated rings. The molecule has 0 saturated heterocycles. The predicted octanol–water partition coefficient (Wildman–Crippen LogP) is 1.87. The predicted molar refractivity (Wildman–Crippen MR) is 118 cm³/mol. The lowest BCUT2D eigenvalue weighted by Crippen LogP contribution is -2.38. The maximum atomic E-state index is 12.0. The highest BCUT2D eigenvalue weighted by molar-refractivity contribution is 5.94. The van der Waals surface area contributed by atoms with Crippen molar-refractivity contribution in [3.63, 3.8) is 0 Å². The number of guanidine groups is 1. The number of hydrogen-bond donors (Lipinski definition) is 4. The van der Waals surface area contributed by atoms with Crippen LogP contribution in [-0.2, 0) is 6.42 Å². The number of aliphatic imine (C=N–C) groups is 1. The van der Waals surface area contributed by atoms with Gasteiger partial charge < -0.3 is 25.7 Å². The Labute approximate surface area is 177 Å². The number of nitrogens with one attached hydrogen (secondary N) is 4. The summed E-state index contributed by atoms with van der Waals surface area (Å²) >= 11 is 0. The molecule has 0 atom stereocenters. The molecule has 8 heteroatoms. The first-order valence-corrected chi connectivity index (χ1v) is 10.2. The zero-order valence-corrected chi connectivity index (χ0v) is 17.9. The second kappa shape index (κ2) is 12.3. The number of hydrogen-bond acceptors (Lipinski definition) is 4. The Morgan fingerprint density at radius 1 is 1.07 bits per heavy atom. The van der Waals surface area contributed by atoms with Crippen molar-refractivity contribution < 1.29 is 14.0 Å². The molecule has 4 N–H and O–H groups in total. The van der Waals surface area contributed by atoms with E-state index in [0.717, 1.165) is 36.5 Å². The number of carbonyl (C=O) groups excluding carboxylic acids is 2. The zero-order chi connectivity index (χ0) is 21.8. The van der Waals surface area contributed by atoms with E-state index in [4.69, 9.17) is 4.42 Å². The molecule has 2 amide bonds. The first kappa shape index (κ1) is 23.0. The van der Waals surface area contributed by atoms with E-state index < -0.39 is 0 Å². The number of aryl methyl sites for hydroxylation is 1. The monoisotopic (exact) mass is 413 g/mol. The molecule has 0 aliphatic carbocycles. The molecule has 30 heavy (non-hydrogen) atoms. The highest BCUT2D eigenvalue weighted by atomic mass is 16.3. The van der Waals surface area contributed by atoms with Crippen LogP contribution in [0.5, 0.6) is 0 Å². The minimum absolute atomic E-state index is 0.0889. The van der Waals surface area contributed by atoms with Gasteiger partial charge in [0.05, 0.1) is 6.26 Å². The Bertz CT molecular complexity index is 860. The van der Waals surface area contributed by atoms with Gasteiger partial charge in [-0.3, -0.25) is 14.6 Å². The molecule has 162 valence electrons. The fraction of sp³-hybridized carbons (Fsp3) is 0.409. The van der Waals surface area contributed by atoms with Crippen LogP contribution in [0.3, 0.4) is 0 Å². The van der Waals surface area contributed by atoms with Gasteiger partial charge in [-0.2, -0.15) is 0 Å². The van der Waals surface area contributed by atoms with Crippen LogP contribution in [0.4, 0.5) is 0 Å². The molecular formula is C22H31N5O3. The number of amides is 2. The Hall–Kier alpha value is -3.29. The van der Waals surface area contributed by atoms with Crippen LogP contribution in [0, 0.1) is 6.92 Å². The van der Waals surface area contributed by atoms with E-state index in [1.54, 1.807) is 19.2 Å². The number of furan rings is 1. The maximum Gasteiger partial charge on any atom is 0.287 e. The van der Waals surface area contributed by atoms with E-state index in [1.807, 2.05) is 32.0 Å². The Kier molecular flexibility index (Phi) is 9.44. The van der Waals surface area contributed by atoms with Crippen LogP contribution in [-0.4, -0.2) is 51.0 Å². The molecule has 1 heterocycles. The molecule has 0 aliphatic rings. The lowest BCUT2D eigenvalue weighted by molar-refractivity contribution is 0.0923. The summed E-state index contributed by atoms with van der Waals surface area (Å²) < 4.78 is 5.18. The minimum atomic E-state index is -0.203. The number of benzene rings is 1. The fourth-order valence-electron chi connectivity index (χ4n) is 2.84. The van der Waals surface area contributed by atoms with Crippen LogP contribution in [0.15, 0.2) is 46.0 Å². The van der Waals surface area contributed by atoms with Crippen molar-refractivity contribution in [2.75, 3.05) is 33.2 Å². The van der Waals surface area contributed by atoms with E-state index in [9.17, 15) is 9.59 Å². The second-order valence-electron chi connectivity index (χ2n) is 6.76. The van der Waals surface area contributed by atoms with Gasteiger partial charge in [-0.1, -0.05) is 12.1 Å². The molecule has 1 aromatic heterocycles. The van der Waals surface area contributed by atoms with Gasteiger partial charge in [-0.25, -0.2) is 0 Å². The van der Waals surface area contributed by atoms with E-state index in [-0.39, 0.29) is 11.8 Å². The molecule has 8 nitrogen and oxygen atoms in total. The lowest BCUT2D eigenvalue weighted by Gasteiger charge is -2.12. The van der Waals surface area contributed by atoms with Crippen LogP contribution < -0.4 is 21.3 Å². The summed E-state index contributed by atoms with van der Waals surface area (Å²) in [4.78, 5) is 28.3. The average molecular weight is 414 g/mol. The van der Waals surface area contributed by atoms with Gasteiger partial charge in [-0.15, -0.1) is 0 Å². The third-order valence-electron chi connectivity index (χ3n) is 4.43. The molecule has 2 aromatic rings. The van der Waals surface area contributed by atoms with Crippen molar-refractivity contribution in [1.82, 2.24) is 21.3 Å². The lowest BCUT2D eigenvalue weighted by atomic mass is 10.1. The van der Waals surface area contributed by atoms with Crippen molar-refractivity contribution in [2.24, 2.45) is 4.99 Å². The van der Waals surface area contributed by atoms with Crippen LogP contribution in [0.1, 0.15) is 45.4 Å². The minimum Gasteiger partial charge on any atom is -0.459 e. The van der Waals surface area contributed by atoms with E-state index in [2.05, 4.69) is 26.3 Å². The summed E-state index contributed by atoms with van der Waals surface area (Å²) in [6, 6.07) is 9.35. The van der Waals surface area contributed by atoms with E-state index in [1.165, 1.54) is 6.26 Å². The van der Waals surface area contributed by atoms with Crippen molar-refractivity contribution in [1.29, 1.82) is 0 Å². The van der Waals surface area contributed by atoms with Gasteiger partial charge in [0.25, 0.3) is 11.8 Å². The molecule has 2 rings (SSSR count). The summed E-state index contributed by atoms with van der Waals surface area (Å²) in [6.07, 6.45) is 3.00. The number of carbonyl (C=O) groups is 2. The fourth-order valence-corrected chi connectivity index (χ4v) is 2.84. The Morgan fingerprint density at radius 2 is 1.90 bits per heavy atom. The number of nitrogens with zero attached hydrogens (tertiary/aromatic N) is 1. The average Bonchev–Trinajstić information content (AvgIpc) is 3.19. The topological polar surface area (TPSA) is 108 Å². The van der Waals surface area contributed by atoms with Gasteiger partial charge in [0.15, 0.2) is 11.7 Å². The molecule has 0 spiro atoms. The van der Waals surface area contributed by atoms with Crippen molar-refractivity contribution in [2.45, 2.75) is 26.7 Å². The van der Waals surface area contributed by atoms with E-state index >= 15 is 0 Å². The third-order valence-corrected chi connectivity index (χ3v) is 4.43. The second-order valence-corrected chi connectivity index (χ2v) is 6.76. The SMILES string of the molecule is CCNC(=NCCCNC(=O)c1occc1C)NCCc1cccc(C(=O)NC)c1. The normalized spacial score (nSPS) is 11.1. The molecule has 0 unspecified atom stereocenters. The summed E-state index contributed by atoms with van der Waals surface area (Å²) in [5, 5.41) is 12.0. The summed E-state index contributed by atoms with van der Waals surface area (Å²) in [6.45, 7) is 6.40. The van der Waals surface area contributed by atoms with Crippen LogP contribution in [0.2, 0.25) is 0 Å². The molecular weight excluding hydrogens is 382 g/mol. The Morgan fingerprint density at radius 3 is 2.60 bits per heavy atom. The van der Waals surface area contributed by atoms with Gasteiger partial charge in [0, 0.05) is 44.4 Å². The standard InChI is InChI=1S/C22H31N5O3/c1-4-24-22(26-12-6-11-25-21(29)19-16(2)10-14-30-19)27-13-9-17-7-5-8-18(15-17)20(28)23-3/h5,7-8,10,14-15H,4,6,9,11-13H2,1-3H3,(H,23,28)(H,25,29)(H2,24,26,27).